The third kappa shape index (κ3) is 4.07. The molecule has 0 fully saturated rings. The second-order valence-corrected chi connectivity index (χ2v) is 6.71. The van der Waals surface area contributed by atoms with E-state index in [0.29, 0.717) is 5.92 Å². The first kappa shape index (κ1) is 17.0. The summed E-state index contributed by atoms with van der Waals surface area (Å²) < 4.78 is 29.4. The zero-order chi connectivity index (χ0) is 17.0. The Morgan fingerprint density at radius 3 is 2.13 bits per heavy atom. The van der Waals surface area contributed by atoms with Crippen molar-refractivity contribution in [1.29, 1.82) is 0 Å². The van der Waals surface area contributed by atoms with Gasteiger partial charge in [0.2, 0.25) is 0 Å². The van der Waals surface area contributed by atoms with Crippen molar-refractivity contribution in [2.75, 3.05) is 0 Å². The molecule has 0 radical (unpaired) electrons. The van der Waals surface area contributed by atoms with Gasteiger partial charge in [-0.25, -0.2) is 0 Å². The van der Waals surface area contributed by atoms with E-state index in [2.05, 4.69) is 13.8 Å². The number of nitro benzene ring substituents is 1. The Bertz CT molecular complexity index is 782. The molecule has 1 atom stereocenters. The molecule has 0 aliphatic rings. The van der Waals surface area contributed by atoms with Crippen LogP contribution in [0.1, 0.15) is 31.7 Å². The van der Waals surface area contributed by atoms with Gasteiger partial charge in [-0.1, -0.05) is 26.0 Å². The summed E-state index contributed by atoms with van der Waals surface area (Å²) in [5.74, 6) is 0.589. The zero-order valence-electron chi connectivity index (χ0n) is 12.8. The fourth-order valence-electron chi connectivity index (χ4n) is 2.00. The number of rotatable bonds is 6. The molecule has 7 heteroatoms. The number of benzene rings is 2. The Labute approximate surface area is 135 Å². The van der Waals surface area contributed by atoms with Gasteiger partial charge in [0.15, 0.2) is 0 Å². The highest BCUT2D eigenvalue weighted by atomic mass is 32.2. The first-order valence-corrected chi connectivity index (χ1v) is 8.53. The second kappa shape index (κ2) is 6.78. The average Bonchev–Trinajstić information content (AvgIpc) is 2.54. The van der Waals surface area contributed by atoms with Crippen molar-refractivity contribution in [3.05, 3.63) is 64.2 Å². The smallest absolute Gasteiger partial charge is 0.339 e. The van der Waals surface area contributed by atoms with Gasteiger partial charge in [0, 0.05) is 12.1 Å². The fraction of sp³-hybridized carbons (Fsp3) is 0.250. The molecule has 0 unspecified atom stereocenters. The Morgan fingerprint density at radius 2 is 1.65 bits per heavy atom. The lowest BCUT2D eigenvalue weighted by atomic mass is 9.99. The molecular formula is C16H17NO5S. The lowest BCUT2D eigenvalue weighted by Gasteiger charge is -2.10. The van der Waals surface area contributed by atoms with Crippen LogP contribution < -0.4 is 4.18 Å². The van der Waals surface area contributed by atoms with Crippen molar-refractivity contribution in [2.45, 2.75) is 31.1 Å². The molecular weight excluding hydrogens is 318 g/mol. The third-order valence-electron chi connectivity index (χ3n) is 3.60. The summed E-state index contributed by atoms with van der Waals surface area (Å²) in [5, 5.41) is 10.6. The van der Waals surface area contributed by atoms with Crippen LogP contribution in [-0.4, -0.2) is 13.3 Å². The number of nitrogens with zero attached hydrogens (tertiary/aromatic N) is 1. The fourth-order valence-corrected chi connectivity index (χ4v) is 2.93. The maximum absolute atomic E-state index is 12.2. The topological polar surface area (TPSA) is 86.5 Å². The zero-order valence-corrected chi connectivity index (χ0v) is 13.6. The van der Waals surface area contributed by atoms with Crippen LogP contribution in [-0.2, 0) is 10.1 Å². The van der Waals surface area contributed by atoms with Crippen LogP contribution in [0.3, 0.4) is 0 Å². The molecule has 2 aromatic rings. The van der Waals surface area contributed by atoms with E-state index in [9.17, 15) is 18.5 Å². The van der Waals surface area contributed by atoms with E-state index in [1.54, 1.807) is 12.1 Å². The van der Waals surface area contributed by atoms with Crippen LogP contribution in [0.15, 0.2) is 53.4 Å². The summed E-state index contributed by atoms with van der Waals surface area (Å²) in [5.41, 5.74) is 0.925. The van der Waals surface area contributed by atoms with Gasteiger partial charge in [0.25, 0.3) is 5.69 Å². The van der Waals surface area contributed by atoms with Gasteiger partial charge in [0.05, 0.1) is 4.92 Å². The quantitative estimate of drug-likeness (QED) is 0.454. The standard InChI is InChI=1S/C16H17NO5S/c1-3-12(2)13-4-8-15(9-5-13)22-23(20,21)16-10-6-14(7-11-16)17(18)19/h4-12H,3H2,1-2H3/t12-/m1/s1. The molecule has 2 aromatic carbocycles. The molecule has 0 heterocycles. The molecule has 0 aliphatic carbocycles. The highest BCUT2D eigenvalue weighted by molar-refractivity contribution is 7.87. The lowest BCUT2D eigenvalue weighted by molar-refractivity contribution is -0.384. The average molecular weight is 335 g/mol. The van der Waals surface area contributed by atoms with E-state index in [-0.39, 0.29) is 16.3 Å². The predicted octanol–water partition coefficient (Wildman–Crippen LogP) is 3.88. The SMILES string of the molecule is CC[C@@H](C)c1ccc(OS(=O)(=O)c2ccc([N+](=O)[O-])cc2)cc1. The maximum Gasteiger partial charge on any atom is 0.339 e. The molecule has 23 heavy (non-hydrogen) atoms. The molecule has 122 valence electrons. The van der Waals surface area contributed by atoms with Crippen LogP contribution in [0.4, 0.5) is 5.69 Å². The number of hydrogen-bond donors (Lipinski definition) is 0. The molecule has 0 amide bonds. The second-order valence-electron chi connectivity index (χ2n) is 5.17. The van der Waals surface area contributed by atoms with Crippen molar-refractivity contribution in [3.63, 3.8) is 0 Å². The Kier molecular flexibility index (Phi) is 5.00. The minimum absolute atomic E-state index is 0.130. The third-order valence-corrected chi connectivity index (χ3v) is 4.87. The highest BCUT2D eigenvalue weighted by Gasteiger charge is 2.18. The van der Waals surface area contributed by atoms with E-state index < -0.39 is 15.0 Å². The molecule has 0 aliphatic heterocycles. The first-order chi connectivity index (χ1) is 10.8. The van der Waals surface area contributed by atoms with Crippen molar-refractivity contribution < 1.29 is 17.5 Å². The molecule has 0 N–H and O–H groups in total. The highest BCUT2D eigenvalue weighted by Crippen LogP contribution is 2.24. The number of hydrogen-bond acceptors (Lipinski definition) is 5. The summed E-state index contributed by atoms with van der Waals surface area (Å²) in [6.07, 6.45) is 0.987. The Hall–Kier alpha value is -2.41. The molecule has 2 rings (SSSR count). The number of non-ortho nitro benzene ring substituents is 1. The molecule has 0 bridgehead atoms. The van der Waals surface area contributed by atoms with Gasteiger partial charge >= 0.3 is 10.1 Å². The largest absolute Gasteiger partial charge is 0.379 e. The normalized spacial score (nSPS) is 12.6. The monoisotopic (exact) mass is 335 g/mol. The maximum atomic E-state index is 12.2. The van der Waals surface area contributed by atoms with E-state index in [1.165, 1.54) is 0 Å². The Morgan fingerprint density at radius 1 is 1.09 bits per heavy atom. The summed E-state index contributed by atoms with van der Waals surface area (Å²) in [4.78, 5) is 9.87. The van der Waals surface area contributed by atoms with E-state index in [1.807, 2.05) is 12.1 Å². The van der Waals surface area contributed by atoms with Crippen molar-refractivity contribution >= 4 is 15.8 Å². The molecule has 6 nitrogen and oxygen atoms in total. The minimum atomic E-state index is -4.02. The van der Waals surface area contributed by atoms with Gasteiger partial charge in [-0.2, -0.15) is 8.42 Å². The number of nitro groups is 1. The van der Waals surface area contributed by atoms with Crippen LogP contribution in [0.5, 0.6) is 5.75 Å². The molecule has 0 saturated carbocycles. The molecule has 0 saturated heterocycles. The summed E-state index contributed by atoms with van der Waals surface area (Å²) >= 11 is 0. The van der Waals surface area contributed by atoms with Gasteiger partial charge in [-0.3, -0.25) is 10.1 Å². The predicted molar refractivity (Wildman–Crippen MR) is 86.1 cm³/mol. The summed E-state index contributed by atoms with van der Waals surface area (Å²) in [6.45, 7) is 4.16. The molecule has 0 spiro atoms. The van der Waals surface area contributed by atoms with Crippen LogP contribution in [0.25, 0.3) is 0 Å². The summed E-state index contributed by atoms with van der Waals surface area (Å²) in [6, 6.07) is 11.4. The van der Waals surface area contributed by atoms with Gasteiger partial charge in [-0.15, -0.1) is 0 Å². The van der Waals surface area contributed by atoms with Crippen molar-refractivity contribution in [2.24, 2.45) is 0 Å². The minimum Gasteiger partial charge on any atom is -0.379 e. The van der Waals surface area contributed by atoms with Crippen LogP contribution in [0.2, 0.25) is 0 Å². The Balaban J connectivity index is 2.19. The van der Waals surface area contributed by atoms with Gasteiger partial charge < -0.3 is 4.18 Å². The van der Waals surface area contributed by atoms with Crippen LogP contribution >= 0.6 is 0 Å². The van der Waals surface area contributed by atoms with E-state index in [0.717, 1.165) is 36.2 Å². The van der Waals surface area contributed by atoms with Crippen molar-refractivity contribution in [1.82, 2.24) is 0 Å². The van der Waals surface area contributed by atoms with Crippen molar-refractivity contribution in [3.8, 4) is 5.75 Å². The van der Waals surface area contributed by atoms with Gasteiger partial charge in [-0.05, 0) is 42.2 Å². The summed E-state index contributed by atoms with van der Waals surface area (Å²) in [7, 11) is -4.02. The van der Waals surface area contributed by atoms with Gasteiger partial charge in [0.1, 0.15) is 10.6 Å². The van der Waals surface area contributed by atoms with E-state index >= 15 is 0 Å². The van der Waals surface area contributed by atoms with E-state index in [4.69, 9.17) is 4.18 Å². The first-order valence-electron chi connectivity index (χ1n) is 7.12. The lowest BCUT2D eigenvalue weighted by Crippen LogP contribution is -2.09. The van der Waals surface area contributed by atoms with Crippen LogP contribution in [0, 0.1) is 10.1 Å². The molecule has 0 aromatic heterocycles.